The molecule has 1 aliphatic rings. The van der Waals surface area contributed by atoms with Crippen molar-refractivity contribution in [3.63, 3.8) is 0 Å². The van der Waals surface area contributed by atoms with Crippen LogP contribution in [0.3, 0.4) is 0 Å². The highest BCUT2D eigenvalue weighted by molar-refractivity contribution is 5.74. The molecule has 0 radical (unpaired) electrons. The molecule has 2 rings (SSSR count). The summed E-state index contributed by atoms with van der Waals surface area (Å²) in [6, 6.07) is 3.27. The van der Waals surface area contributed by atoms with Gasteiger partial charge in [-0.25, -0.2) is 9.18 Å². The van der Waals surface area contributed by atoms with E-state index in [0.29, 0.717) is 19.7 Å². The highest BCUT2D eigenvalue weighted by Gasteiger charge is 2.36. The van der Waals surface area contributed by atoms with Gasteiger partial charge in [-0.05, 0) is 18.6 Å². The lowest BCUT2D eigenvalue weighted by Crippen LogP contribution is -2.40. The Balaban J connectivity index is 1.98. The van der Waals surface area contributed by atoms with Gasteiger partial charge in [0.2, 0.25) is 0 Å². The van der Waals surface area contributed by atoms with Gasteiger partial charge in [0.15, 0.2) is 0 Å². The molecule has 134 valence electrons. The first-order valence-electron chi connectivity index (χ1n) is 7.58. The van der Waals surface area contributed by atoms with Crippen LogP contribution in [0.2, 0.25) is 0 Å². The maximum absolute atomic E-state index is 13.8. The zero-order valence-electron chi connectivity index (χ0n) is 13.7. The molecule has 24 heavy (non-hydrogen) atoms. The van der Waals surface area contributed by atoms with Gasteiger partial charge in [0, 0.05) is 31.2 Å². The maximum Gasteiger partial charge on any atom is 0.387 e. The number of urea groups is 1. The fourth-order valence-corrected chi connectivity index (χ4v) is 2.86. The van der Waals surface area contributed by atoms with Gasteiger partial charge in [0.1, 0.15) is 11.6 Å². The van der Waals surface area contributed by atoms with Crippen molar-refractivity contribution in [2.75, 3.05) is 26.8 Å². The smallest absolute Gasteiger partial charge is 0.387 e. The van der Waals surface area contributed by atoms with Crippen LogP contribution in [0, 0.1) is 11.2 Å². The standard InChI is InChI=1S/C16H21F3N2O3/c1-16(10-23-2)6-7-21(9-16)15(22)20-8-11-12(17)4-3-5-13(11)24-14(18)19/h3-5,14H,6-10H2,1-2H3,(H,20,22). The van der Waals surface area contributed by atoms with E-state index in [2.05, 4.69) is 10.1 Å². The molecule has 0 aliphatic carbocycles. The van der Waals surface area contributed by atoms with Crippen molar-refractivity contribution in [3.05, 3.63) is 29.6 Å². The van der Waals surface area contributed by atoms with E-state index in [-0.39, 0.29) is 29.3 Å². The molecule has 1 atom stereocenters. The Bertz CT molecular complexity index is 586. The molecule has 0 saturated carbocycles. The molecule has 0 bridgehead atoms. The first kappa shape index (κ1) is 18.4. The number of methoxy groups -OCH3 is 1. The Kier molecular flexibility index (Phi) is 5.93. The maximum atomic E-state index is 13.8. The average molecular weight is 346 g/mol. The quantitative estimate of drug-likeness (QED) is 0.862. The van der Waals surface area contributed by atoms with Crippen LogP contribution in [0.1, 0.15) is 18.9 Å². The third kappa shape index (κ3) is 4.53. The lowest BCUT2D eigenvalue weighted by molar-refractivity contribution is -0.0506. The van der Waals surface area contributed by atoms with Gasteiger partial charge >= 0.3 is 12.6 Å². The molecule has 0 aromatic heterocycles. The number of nitrogens with zero attached hydrogens (tertiary/aromatic N) is 1. The van der Waals surface area contributed by atoms with E-state index in [0.717, 1.165) is 12.5 Å². The molecule has 1 aromatic carbocycles. The molecule has 1 aromatic rings. The zero-order chi connectivity index (χ0) is 17.7. The Morgan fingerprint density at radius 1 is 1.46 bits per heavy atom. The van der Waals surface area contributed by atoms with E-state index in [4.69, 9.17) is 4.74 Å². The number of hydrogen-bond acceptors (Lipinski definition) is 3. The van der Waals surface area contributed by atoms with E-state index in [1.54, 1.807) is 12.0 Å². The fraction of sp³-hybridized carbons (Fsp3) is 0.562. The molecule has 1 heterocycles. The number of amides is 2. The predicted molar refractivity (Wildman–Crippen MR) is 81.4 cm³/mol. The third-order valence-electron chi connectivity index (χ3n) is 4.05. The van der Waals surface area contributed by atoms with Crippen molar-refractivity contribution in [3.8, 4) is 5.75 Å². The predicted octanol–water partition coefficient (Wildman–Crippen LogP) is 3.00. The summed E-state index contributed by atoms with van der Waals surface area (Å²) in [5.74, 6) is -0.991. The van der Waals surface area contributed by atoms with Gasteiger partial charge in [-0.3, -0.25) is 0 Å². The number of benzene rings is 1. The number of carbonyl (C=O) groups is 1. The van der Waals surface area contributed by atoms with Crippen molar-refractivity contribution < 1.29 is 27.4 Å². The molecule has 5 nitrogen and oxygen atoms in total. The lowest BCUT2D eigenvalue weighted by atomic mass is 9.91. The monoisotopic (exact) mass is 346 g/mol. The van der Waals surface area contributed by atoms with Crippen LogP contribution in [0.4, 0.5) is 18.0 Å². The number of likely N-dealkylation sites (tertiary alicyclic amines) is 1. The zero-order valence-corrected chi connectivity index (χ0v) is 13.7. The third-order valence-corrected chi connectivity index (χ3v) is 4.05. The summed E-state index contributed by atoms with van der Waals surface area (Å²) in [6.45, 7) is 0.347. The SMILES string of the molecule is COCC1(C)CCN(C(=O)NCc2c(F)cccc2OC(F)F)C1. The number of alkyl halides is 2. The van der Waals surface area contributed by atoms with Gasteiger partial charge < -0.3 is 19.7 Å². The van der Waals surface area contributed by atoms with Crippen molar-refractivity contribution in [1.29, 1.82) is 0 Å². The highest BCUT2D eigenvalue weighted by Crippen LogP contribution is 2.30. The number of hydrogen-bond donors (Lipinski definition) is 1. The Morgan fingerprint density at radius 3 is 2.88 bits per heavy atom. The minimum absolute atomic E-state index is 0.106. The molecule has 2 amide bonds. The van der Waals surface area contributed by atoms with Gasteiger partial charge in [-0.1, -0.05) is 13.0 Å². The molecule has 1 unspecified atom stereocenters. The average Bonchev–Trinajstić information content (AvgIpc) is 2.88. The summed E-state index contributed by atoms with van der Waals surface area (Å²) in [5, 5.41) is 2.56. The highest BCUT2D eigenvalue weighted by atomic mass is 19.3. The van der Waals surface area contributed by atoms with E-state index >= 15 is 0 Å². The number of rotatable bonds is 6. The topological polar surface area (TPSA) is 50.8 Å². The minimum atomic E-state index is -3.06. The fourth-order valence-electron chi connectivity index (χ4n) is 2.86. The van der Waals surface area contributed by atoms with Crippen LogP contribution >= 0.6 is 0 Å². The second-order valence-electron chi connectivity index (χ2n) is 6.17. The Hall–Kier alpha value is -1.96. The normalized spacial score (nSPS) is 20.5. The molecule has 8 heteroatoms. The van der Waals surface area contributed by atoms with Gasteiger partial charge in [-0.15, -0.1) is 0 Å². The first-order chi connectivity index (χ1) is 11.3. The van der Waals surface area contributed by atoms with Crippen LogP contribution in [0.15, 0.2) is 18.2 Å². The van der Waals surface area contributed by atoms with Crippen molar-refractivity contribution in [2.24, 2.45) is 5.41 Å². The summed E-state index contributed by atoms with van der Waals surface area (Å²) in [4.78, 5) is 13.8. The van der Waals surface area contributed by atoms with Crippen molar-refractivity contribution >= 4 is 6.03 Å². The Labute approximate surface area is 138 Å². The molecular weight excluding hydrogens is 325 g/mol. The molecule has 0 spiro atoms. The summed E-state index contributed by atoms with van der Waals surface area (Å²) >= 11 is 0. The van der Waals surface area contributed by atoms with Crippen LogP contribution in [0.5, 0.6) is 5.75 Å². The van der Waals surface area contributed by atoms with E-state index < -0.39 is 12.4 Å². The number of carbonyl (C=O) groups excluding carboxylic acids is 1. The minimum Gasteiger partial charge on any atom is -0.434 e. The molecule has 1 N–H and O–H groups in total. The van der Waals surface area contributed by atoms with Crippen LogP contribution < -0.4 is 10.1 Å². The molecular formula is C16H21F3N2O3. The number of halogens is 3. The lowest BCUT2D eigenvalue weighted by Gasteiger charge is -2.24. The van der Waals surface area contributed by atoms with E-state index in [1.807, 2.05) is 6.92 Å². The van der Waals surface area contributed by atoms with Crippen molar-refractivity contribution in [1.82, 2.24) is 10.2 Å². The number of ether oxygens (including phenoxy) is 2. The van der Waals surface area contributed by atoms with E-state index in [1.165, 1.54) is 12.1 Å². The number of nitrogens with one attached hydrogen (secondary N) is 1. The molecule has 1 fully saturated rings. The summed E-state index contributed by atoms with van der Waals surface area (Å²) in [7, 11) is 1.61. The van der Waals surface area contributed by atoms with Crippen LogP contribution in [-0.2, 0) is 11.3 Å². The summed E-state index contributed by atoms with van der Waals surface area (Å²) < 4.78 is 48.1. The summed E-state index contributed by atoms with van der Waals surface area (Å²) in [5.41, 5.74) is -0.224. The second kappa shape index (κ2) is 7.74. The van der Waals surface area contributed by atoms with Gasteiger partial charge in [0.05, 0.1) is 13.2 Å². The first-order valence-corrected chi connectivity index (χ1v) is 7.58. The molecule has 1 aliphatic heterocycles. The van der Waals surface area contributed by atoms with E-state index in [9.17, 15) is 18.0 Å². The van der Waals surface area contributed by atoms with Crippen LogP contribution in [0.25, 0.3) is 0 Å². The van der Waals surface area contributed by atoms with Gasteiger partial charge in [0.25, 0.3) is 0 Å². The van der Waals surface area contributed by atoms with Crippen molar-refractivity contribution in [2.45, 2.75) is 26.5 Å². The molecule has 1 saturated heterocycles. The van der Waals surface area contributed by atoms with Crippen LogP contribution in [-0.4, -0.2) is 44.3 Å². The second-order valence-corrected chi connectivity index (χ2v) is 6.17. The Morgan fingerprint density at radius 2 is 2.21 bits per heavy atom. The largest absolute Gasteiger partial charge is 0.434 e. The van der Waals surface area contributed by atoms with Gasteiger partial charge in [-0.2, -0.15) is 8.78 Å². The summed E-state index contributed by atoms with van der Waals surface area (Å²) in [6.07, 6.45) is 0.799.